The molecule has 6 nitrogen and oxygen atoms in total. The van der Waals surface area contributed by atoms with Crippen molar-refractivity contribution in [2.45, 2.75) is 19.8 Å². The van der Waals surface area contributed by atoms with E-state index < -0.39 is 5.97 Å². The van der Waals surface area contributed by atoms with Gasteiger partial charge in [0.1, 0.15) is 5.75 Å². The maximum atomic E-state index is 12.2. The zero-order valence-electron chi connectivity index (χ0n) is 14.5. The van der Waals surface area contributed by atoms with Crippen molar-refractivity contribution in [1.82, 2.24) is 0 Å². The van der Waals surface area contributed by atoms with Gasteiger partial charge in [-0.15, -0.1) is 0 Å². The fraction of sp³-hybridized carbons (Fsp3) is 0.300. The average molecular weight is 356 g/mol. The second-order valence-electron chi connectivity index (χ2n) is 5.79. The molecule has 2 aromatic rings. The summed E-state index contributed by atoms with van der Waals surface area (Å²) in [6, 6.07) is 11.5. The molecule has 0 spiro atoms. The van der Waals surface area contributed by atoms with Crippen molar-refractivity contribution in [3.8, 4) is 17.2 Å². The molecule has 1 aliphatic heterocycles. The van der Waals surface area contributed by atoms with E-state index in [1.807, 2.05) is 0 Å². The molecule has 0 aromatic heterocycles. The van der Waals surface area contributed by atoms with E-state index in [4.69, 9.17) is 18.9 Å². The summed E-state index contributed by atoms with van der Waals surface area (Å²) in [5.74, 6) is 0.947. The zero-order chi connectivity index (χ0) is 18.4. The third kappa shape index (κ3) is 4.33. The van der Waals surface area contributed by atoms with Crippen molar-refractivity contribution in [3.05, 3.63) is 53.6 Å². The molecule has 0 radical (unpaired) electrons. The van der Waals surface area contributed by atoms with Crippen LogP contribution in [0.25, 0.3) is 0 Å². The number of carbonyl (C=O) groups is 2. The lowest BCUT2D eigenvalue weighted by atomic mass is 10.1. The van der Waals surface area contributed by atoms with E-state index in [1.54, 1.807) is 42.5 Å². The zero-order valence-corrected chi connectivity index (χ0v) is 14.5. The largest absolute Gasteiger partial charge is 0.494 e. The number of esters is 1. The van der Waals surface area contributed by atoms with Gasteiger partial charge in [-0.2, -0.15) is 0 Å². The summed E-state index contributed by atoms with van der Waals surface area (Å²) in [4.78, 5) is 24.3. The molecule has 2 aromatic carbocycles. The highest BCUT2D eigenvalue weighted by atomic mass is 16.7. The van der Waals surface area contributed by atoms with E-state index in [1.165, 1.54) is 0 Å². The van der Waals surface area contributed by atoms with Crippen molar-refractivity contribution in [2.75, 3.05) is 20.0 Å². The quantitative estimate of drug-likeness (QED) is 0.409. The van der Waals surface area contributed by atoms with Crippen molar-refractivity contribution < 1.29 is 28.5 Å². The third-order valence-corrected chi connectivity index (χ3v) is 3.89. The highest BCUT2D eigenvalue weighted by Crippen LogP contribution is 2.32. The first-order valence-electron chi connectivity index (χ1n) is 8.50. The lowest BCUT2D eigenvalue weighted by Crippen LogP contribution is -2.14. The summed E-state index contributed by atoms with van der Waals surface area (Å²) in [5, 5.41) is 0. The van der Waals surface area contributed by atoms with Crippen molar-refractivity contribution >= 4 is 11.8 Å². The van der Waals surface area contributed by atoms with Gasteiger partial charge in [0.25, 0.3) is 0 Å². The molecule has 0 bridgehead atoms. The van der Waals surface area contributed by atoms with E-state index in [2.05, 4.69) is 6.92 Å². The Kier molecular flexibility index (Phi) is 5.73. The van der Waals surface area contributed by atoms with Crippen molar-refractivity contribution in [1.29, 1.82) is 0 Å². The number of benzene rings is 2. The molecular formula is C20H20O6. The number of rotatable bonds is 8. The van der Waals surface area contributed by atoms with E-state index in [9.17, 15) is 9.59 Å². The smallest absolute Gasteiger partial charge is 0.338 e. The van der Waals surface area contributed by atoms with Gasteiger partial charge in [-0.1, -0.05) is 13.3 Å². The van der Waals surface area contributed by atoms with E-state index in [0.29, 0.717) is 35.0 Å². The van der Waals surface area contributed by atoms with Crippen molar-refractivity contribution in [2.24, 2.45) is 0 Å². The maximum Gasteiger partial charge on any atom is 0.338 e. The van der Waals surface area contributed by atoms with E-state index in [0.717, 1.165) is 12.8 Å². The Morgan fingerprint density at radius 1 is 1.00 bits per heavy atom. The van der Waals surface area contributed by atoms with Gasteiger partial charge in [-0.05, 0) is 48.9 Å². The SMILES string of the molecule is CCCCOc1ccc(C(=O)OCC(=O)c2ccc3c(c2)OCO3)cc1. The van der Waals surface area contributed by atoms with Crippen LogP contribution in [0.1, 0.15) is 40.5 Å². The molecule has 0 aliphatic carbocycles. The highest BCUT2D eigenvalue weighted by molar-refractivity contribution is 5.99. The predicted octanol–water partition coefficient (Wildman–Crippen LogP) is 3.63. The average Bonchev–Trinajstić information content (AvgIpc) is 3.14. The minimum Gasteiger partial charge on any atom is -0.494 e. The van der Waals surface area contributed by atoms with Crippen LogP contribution >= 0.6 is 0 Å². The van der Waals surface area contributed by atoms with Crippen LogP contribution in [0.3, 0.4) is 0 Å². The molecule has 0 unspecified atom stereocenters. The molecule has 1 aliphatic rings. The van der Waals surface area contributed by atoms with Gasteiger partial charge in [0.2, 0.25) is 6.79 Å². The van der Waals surface area contributed by atoms with Crippen LogP contribution in [0.4, 0.5) is 0 Å². The molecule has 0 saturated carbocycles. The number of hydrogen-bond donors (Lipinski definition) is 0. The summed E-state index contributed by atoms with van der Waals surface area (Å²) in [6.07, 6.45) is 2.04. The Balaban J connectivity index is 1.52. The maximum absolute atomic E-state index is 12.2. The summed E-state index contributed by atoms with van der Waals surface area (Å²) >= 11 is 0. The highest BCUT2D eigenvalue weighted by Gasteiger charge is 2.17. The molecule has 1 heterocycles. The Hall–Kier alpha value is -3.02. The van der Waals surface area contributed by atoms with Gasteiger partial charge in [0.05, 0.1) is 12.2 Å². The second kappa shape index (κ2) is 8.38. The van der Waals surface area contributed by atoms with Crippen molar-refractivity contribution in [3.63, 3.8) is 0 Å². The molecule has 0 amide bonds. The summed E-state index contributed by atoms with van der Waals surface area (Å²) < 4.78 is 21.1. The Bertz CT molecular complexity index is 781. The van der Waals surface area contributed by atoms with Gasteiger partial charge < -0.3 is 18.9 Å². The number of carbonyl (C=O) groups excluding carboxylic acids is 2. The third-order valence-electron chi connectivity index (χ3n) is 3.89. The number of unbranched alkanes of at least 4 members (excludes halogenated alkanes) is 1. The summed E-state index contributed by atoms with van der Waals surface area (Å²) in [7, 11) is 0. The fourth-order valence-corrected chi connectivity index (χ4v) is 2.39. The lowest BCUT2D eigenvalue weighted by Gasteiger charge is -2.07. The Labute approximate surface area is 151 Å². The van der Waals surface area contributed by atoms with Crippen LogP contribution in [-0.2, 0) is 4.74 Å². The fourth-order valence-electron chi connectivity index (χ4n) is 2.39. The Morgan fingerprint density at radius 3 is 2.50 bits per heavy atom. The van der Waals surface area contributed by atoms with E-state index in [-0.39, 0.29) is 19.2 Å². The minimum atomic E-state index is -0.556. The summed E-state index contributed by atoms with van der Waals surface area (Å²) in [6.45, 7) is 2.53. The van der Waals surface area contributed by atoms with Gasteiger partial charge >= 0.3 is 5.97 Å². The first-order chi connectivity index (χ1) is 12.7. The van der Waals surface area contributed by atoms with Crippen LogP contribution in [-0.4, -0.2) is 31.8 Å². The monoisotopic (exact) mass is 356 g/mol. The number of ketones is 1. The van der Waals surface area contributed by atoms with Crippen LogP contribution in [0.15, 0.2) is 42.5 Å². The molecule has 0 atom stereocenters. The molecule has 3 rings (SSSR count). The van der Waals surface area contributed by atoms with Gasteiger partial charge in [-0.3, -0.25) is 4.79 Å². The molecular weight excluding hydrogens is 336 g/mol. The number of Topliss-reactive ketones (excluding diaryl/α,β-unsaturated/α-hetero) is 1. The van der Waals surface area contributed by atoms with E-state index >= 15 is 0 Å². The molecule has 0 N–H and O–H groups in total. The molecule has 136 valence electrons. The van der Waals surface area contributed by atoms with Gasteiger partial charge in [-0.25, -0.2) is 4.79 Å². The second-order valence-corrected chi connectivity index (χ2v) is 5.79. The Morgan fingerprint density at radius 2 is 1.73 bits per heavy atom. The van der Waals surface area contributed by atoms with Crippen LogP contribution in [0.2, 0.25) is 0 Å². The molecule has 6 heteroatoms. The standard InChI is InChI=1S/C20H20O6/c1-2-3-10-23-16-7-4-14(5-8-16)20(22)24-12-17(21)15-6-9-18-19(11-15)26-13-25-18/h4-9,11H,2-3,10,12-13H2,1H3. The molecule has 0 saturated heterocycles. The minimum absolute atomic E-state index is 0.139. The van der Waals surface area contributed by atoms with Crippen LogP contribution < -0.4 is 14.2 Å². The van der Waals surface area contributed by atoms with Crippen LogP contribution in [0, 0.1) is 0 Å². The number of hydrogen-bond acceptors (Lipinski definition) is 6. The lowest BCUT2D eigenvalue weighted by molar-refractivity contribution is 0.0474. The first kappa shape index (κ1) is 17.8. The number of ether oxygens (including phenoxy) is 4. The molecule has 0 fully saturated rings. The van der Waals surface area contributed by atoms with Crippen LogP contribution in [0.5, 0.6) is 17.2 Å². The molecule has 26 heavy (non-hydrogen) atoms. The number of fused-ring (bicyclic) bond motifs is 1. The van der Waals surface area contributed by atoms with Gasteiger partial charge in [0.15, 0.2) is 23.9 Å². The predicted molar refractivity (Wildman–Crippen MR) is 94.0 cm³/mol. The summed E-state index contributed by atoms with van der Waals surface area (Å²) in [5.41, 5.74) is 0.771. The first-order valence-corrected chi connectivity index (χ1v) is 8.50. The normalized spacial score (nSPS) is 11.9. The van der Waals surface area contributed by atoms with Gasteiger partial charge in [0, 0.05) is 5.56 Å². The topological polar surface area (TPSA) is 71.1 Å².